The van der Waals surface area contributed by atoms with Gasteiger partial charge in [0.1, 0.15) is 0 Å². The molecule has 0 rings (SSSR count). The molecule has 2 N–H and O–H groups in total. The Morgan fingerprint density at radius 2 is 2.40 bits per heavy atom. The Morgan fingerprint density at radius 1 is 1.80 bits per heavy atom. The summed E-state index contributed by atoms with van der Waals surface area (Å²) in [6.07, 6.45) is 1.82. The van der Waals surface area contributed by atoms with Crippen LogP contribution in [-0.2, 0) is 0 Å². The van der Waals surface area contributed by atoms with Crippen molar-refractivity contribution in [3.8, 4) is 0 Å². The van der Waals surface area contributed by atoms with Gasteiger partial charge in [0.25, 0.3) is 0 Å². The standard InChI is InChI=1S/C5H14BINOP/c1-5(9,4-8-2)3-6-10-7/h6,8-10H,3-4H2,1-2H3. The highest BCUT2D eigenvalue weighted by Crippen LogP contribution is 2.22. The number of hydrogen-bond donors (Lipinski definition) is 2. The zero-order valence-corrected chi connectivity index (χ0v) is 9.60. The molecule has 0 heterocycles. The van der Waals surface area contributed by atoms with Crippen LogP contribution in [0.2, 0.25) is 6.32 Å². The summed E-state index contributed by atoms with van der Waals surface area (Å²) in [5, 5.41) is 12.6. The first-order chi connectivity index (χ1) is 4.62. The van der Waals surface area contributed by atoms with E-state index in [0.717, 1.165) is 19.4 Å². The van der Waals surface area contributed by atoms with Crippen molar-refractivity contribution in [2.45, 2.75) is 18.8 Å². The van der Waals surface area contributed by atoms with E-state index in [1.807, 2.05) is 14.0 Å². The van der Waals surface area contributed by atoms with Crippen molar-refractivity contribution in [1.29, 1.82) is 0 Å². The zero-order chi connectivity index (χ0) is 8.04. The Hall–Kier alpha value is 1.14. The van der Waals surface area contributed by atoms with Gasteiger partial charge in [-0.25, -0.2) is 0 Å². The molecule has 0 bridgehead atoms. The van der Waals surface area contributed by atoms with Gasteiger partial charge in [-0.05, 0) is 20.3 Å². The Kier molecular flexibility index (Phi) is 6.41. The summed E-state index contributed by atoms with van der Waals surface area (Å²) >= 11 is 2.35. The minimum Gasteiger partial charge on any atom is -0.390 e. The summed E-state index contributed by atoms with van der Waals surface area (Å²) in [6, 6.07) is 0. The molecule has 0 spiro atoms. The van der Waals surface area contributed by atoms with Crippen molar-refractivity contribution in [1.82, 2.24) is 5.32 Å². The summed E-state index contributed by atoms with van der Waals surface area (Å²) < 4.78 is 0. The lowest BCUT2D eigenvalue weighted by molar-refractivity contribution is 0.0825. The van der Waals surface area contributed by atoms with Crippen LogP contribution in [-0.4, -0.2) is 31.3 Å². The van der Waals surface area contributed by atoms with E-state index in [2.05, 4.69) is 27.4 Å². The van der Waals surface area contributed by atoms with Gasteiger partial charge in [0.05, 0.1) is 5.60 Å². The summed E-state index contributed by atoms with van der Waals surface area (Å²) in [4.78, 5) is 0. The molecule has 0 fully saturated rings. The molecule has 0 saturated heterocycles. The fourth-order valence-electron chi connectivity index (χ4n) is 0.786. The average Bonchev–Trinajstić information content (AvgIpc) is 1.84. The van der Waals surface area contributed by atoms with Gasteiger partial charge < -0.3 is 10.4 Å². The monoisotopic (exact) mass is 273 g/mol. The van der Waals surface area contributed by atoms with Crippen molar-refractivity contribution in [2.75, 3.05) is 13.6 Å². The predicted molar refractivity (Wildman–Crippen MR) is 58.8 cm³/mol. The van der Waals surface area contributed by atoms with Crippen LogP contribution < -0.4 is 5.32 Å². The van der Waals surface area contributed by atoms with Crippen LogP contribution in [0.1, 0.15) is 6.92 Å². The van der Waals surface area contributed by atoms with Crippen molar-refractivity contribution < 1.29 is 5.11 Å². The van der Waals surface area contributed by atoms with E-state index >= 15 is 0 Å². The lowest BCUT2D eigenvalue weighted by Crippen LogP contribution is -2.36. The molecule has 2 unspecified atom stereocenters. The van der Waals surface area contributed by atoms with Gasteiger partial charge in [0.2, 0.25) is 0 Å². The number of aliphatic hydroxyl groups is 1. The lowest BCUT2D eigenvalue weighted by atomic mass is 9.87. The Balaban J connectivity index is 3.42. The highest BCUT2D eigenvalue weighted by Gasteiger charge is 2.18. The van der Waals surface area contributed by atoms with Crippen LogP contribution in [0.4, 0.5) is 0 Å². The number of nitrogens with one attached hydrogen (secondary N) is 1. The second-order valence-corrected chi connectivity index (χ2v) is 5.72. The van der Waals surface area contributed by atoms with Gasteiger partial charge in [-0.2, -0.15) is 0 Å². The number of hydrogen-bond acceptors (Lipinski definition) is 2. The topological polar surface area (TPSA) is 32.3 Å². The van der Waals surface area contributed by atoms with Gasteiger partial charge in [-0.15, -0.1) is 0 Å². The maximum Gasteiger partial charge on any atom is 0.164 e. The number of halogens is 1. The molecule has 0 amide bonds. The molecule has 5 heteroatoms. The molecule has 0 aromatic heterocycles. The van der Waals surface area contributed by atoms with Gasteiger partial charge in [-0.3, -0.25) is 0 Å². The van der Waals surface area contributed by atoms with E-state index in [1.54, 1.807) is 0 Å². The van der Waals surface area contributed by atoms with Gasteiger partial charge >= 0.3 is 0 Å². The summed E-state index contributed by atoms with van der Waals surface area (Å²) in [7, 11) is 1.86. The summed E-state index contributed by atoms with van der Waals surface area (Å²) in [5.74, 6) is 0. The minimum absolute atomic E-state index is 0.507. The number of rotatable bonds is 5. The predicted octanol–water partition coefficient (Wildman–Crippen LogP) is 0.755. The van der Waals surface area contributed by atoms with Crippen LogP contribution in [0.15, 0.2) is 0 Å². The van der Waals surface area contributed by atoms with E-state index in [1.165, 1.54) is 0 Å². The van der Waals surface area contributed by atoms with Crippen molar-refractivity contribution in [3.63, 3.8) is 0 Å². The van der Waals surface area contributed by atoms with E-state index in [9.17, 15) is 5.11 Å². The second kappa shape index (κ2) is 5.75. The summed E-state index contributed by atoms with van der Waals surface area (Å²) in [5.41, 5.74) is -0.507. The normalized spacial score (nSPS) is 17.6. The van der Waals surface area contributed by atoms with Crippen molar-refractivity contribution in [3.05, 3.63) is 0 Å². The van der Waals surface area contributed by atoms with E-state index in [-0.39, 0.29) is 0 Å². The molecule has 0 aliphatic carbocycles. The maximum absolute atomic E-state index is 9.58. The zero-order valence-electron chi connectivity index (χ0n) is 6.45. The van der Waals surface area contributed by atoms with Crippen LogP contribution >= 0.6 is 28.1 Å². The molecular weight excluding hydrogens is 259 g/mol. The van der Waals surface area contributed by atoms with Gasteiger partial charge in [0, 0.05) is 6.54 Å². The van der Waals surface area contributed by atoms with Gasteiger partial charge in [-0.1, -0.05) is 28.1 Å². The fourth-order valence-corrected chi connectivity index (χ4v) is 2.23. The SMILES string of the molecule is CNCC(C)(O)CBPI. The smallest absolute Gasteiger partial charge is 0.164 e. The molecule has 10 heavy (non-hydrogen) atoms. The molecule has 2 nitrogen and oxygen atoms in total. The molecule has 0 saturated carbocycles. The highest BCUT2D eigenvalue weighted by molar-refractivity contribution is 14.2. The Bertz CT molecular complexity index is 93.7. The molecule has 2 atom stereocenters. The second-order valence-electron chi connectivity index (χ2n) is 2.66. The van der Waals surface area contributed by atoms with Crippen LogP contribution in [0, 0.1) is 0 Å². The summed E-state index contributed by atoms with van der Waals surface area (Å²) in [6.45, 7) is 3.68. The third-order valence-corrected chi connectivity index (χ3v) is 3.37. The molecule has 0 aliphatic rings. The first-order valence-corrected chi connectivity index (χ1v) is 7.65. The largest absolute Gasteiger partial charge is 0.390 e. The quantitative estimate of drug-likeness (QED) is 0.440. The van der Waals surface area contributed by atoms with Crippen molar-refractivity contribution >= 4 is 35.1 Å². The van der Waals surface area contributed by atoms with Crippen molar-refractivity contribution in [2.24, 2.45) is 0 Å². The highest BCUT2D eigenvalue weighted by atomic mass is 127. The van der Waals surface area contributed by atoms with Gasteiger partial charge in [0.15, 0.2) is 7.00 Å². The Morgan fingerprint density at radius 3 is 2.80 bits per heavy atom. The Labute approximate surface area is 78.0 Å². The number of likely N-dealkylation sites (N-methyl/N-ethyl adjacent to an activating group) is 1. The van der Waals surface area contributed by atoms with E-state index < -0.39 is 5.60 Å². The fraction of sp³-hybridized carbons (Fsp3) is 1.00. The third kappa shape index (κ3) is 5.89. The van der Waals surface area contributed by atoms with Crippen LogP contribution in [0.5, 0.6) is 0 Å². The van der Waals surface area contributed by atoms with E-state index in [4.69, 9.17) is 0 Å². The first kappa shape index (κ1) is 11.1. The first-order valence-electron chi connectivity index (χ1n) is 3.33. The molecule has 0 aromatic rings. The third-order valence-electron chi connectivity index (χ3n) is 1.32. The van der Waals surface area contributed by atoms with Crippen LogP contribution in [0.25, 0.3) is 0 Å². The molecule has 0 radical (unpaired) electrons. The molecule has 0 aromatic carbocycles. The van der Waals surface area contributed by atoms with Crippen LogP contribution in [0.3, 0.4) is 0 Å². The molecule has 0 aliphatic heterocycles. The molecule has 60 valence electrons. The molecular formula is C5H14BINOP. The maximum atomic E-state index is 9.58. The lowest BCUT2D eigenvalue weighted by Gasteiger charge is -2.21. The minimum atomic E-state index is -0.507. The van der Waals surface area contributed by atoms with E-state index in [0.29, 0.717) is 6.54 Å². The average molecular weight is 273 g/mol.